The Bertz CT molecular complexity index is 126. The van der Waals surface area contributed by atoms with Crippen LogP contribution in [-0.4, -0.2) is 18.5 Å². The molecule has 0 spiro atoms. The fourth-order valence-corrected chi connectivity index (χ4v) is 0.770. The first-order valence-corrected chi connectivity index (χ1v) is 4.95. The maximum absolute atomic E-state index is 10.9. The first-order chi connectivity index (χ1) is 5.70. The molecule has 0 rings (SSSR count). The molecule has 0 radical (unpaired) electrons. The van der Waals surface area contributed by atoms with Gasteiger partial charge in [0.25, 0.3) is 0 Å². The summed E-state index contributed by atoms with van der Waals surface area (Å²) in [6.07, 6.45) is 2.20. The lowest BCUT2D eigenvalue weighted by Gasteiger charge is -2.08. The van der Waals surface area contributed by atoms with E-state index in [0.717, 1.165) is 6.42 Å². The van der Waals surface area contributed by atoms with E-state index in [9.17, 15) is 4.79 Å². The second-order valence-electron chi connectivity index (χ2n) is 2.99. The first-order valence-electron chi connectivity index (χ1n) is 4.42. The lowest BCUT2D eigenvalue weighted by Crippen LogP contribution is -2.11. The number of hydrogen-bond donors (Lipinski definition) is 0. The summed E-state index contributed by atoms with van der Waals surface area (Å²) in [4.78, 5) is 10.9. The summed E-state index contributed by atoms with van der Waals surface area (Å²) >= 11 is 5.43. The van der Waals surface area contributed by atoms with Crippen molar-refractivity contribution in [3.05, 3.63) is 0 Å². The van der Waals surface area contributed by atoms with Gasteiger partial charge in [0.05, 0.1) is 6.61 Å². The number of rotatable bonds is 6. The molecule has 12 heavy (non-hydrogen) atoms. The standard InChI is InChI=1S/C9H17ClO2/c1-3-8(2)7-12-9(11)5-4-6-10/h8H,3-7H2,1-2H3. The number of esters is 1. The van der Waals surface area contributed by atoms with E-state index in [0.29, 0.717) is 31.2 Å². The smallest absolute Gasteiger partial charge is 0.305 e. The minimum atomic E-state index is -0.129. The zero-order chi connectivity index (χ0) is 9.40. The largest absolute Gasteiger partial charge is 0.465 e. The second kappa shape index (κ2) is 7.41. The van der Waals surface area contributed by atoms with Crippen molar-refractivity contribution in [1.29, 1.82) is 0 Å². The van der Waals surface area contributed by atoms with Crippen LogP contribution in [0.2, 0.25) is 0 Å². The molecular formula is C9H17ClO2. The summed E-state index contributed by atoms with van der Waals surface area (Å²) in [5.74, 6) is 0.860. The molecule has 0 aliphatic carbocycles. The lowest BCUT2D eigenvalue weighted by atomic mass is 10.1. The van der Waals surface area contributed by atoms with E-state index in [1.807, 2.05) is 0 Å². The SMILES string of the molecule is CCC(C)COC(=O)CCCCl. The zero-order valence-electron chi connectivity index (χ0n) is 7.81. The minimum Gasteiger partial charge on any atom is -0.465 e. The predicted molar refractivity (Wildman–Crippen MR) is 50.4 cm³/mol. The fraction of sp³-hybridized carbons (Fsp3) is 0.889. The van der Waals surface area contributed by atoms with Gasteiger partial charge < -0.3 is 4.74 Å². The van der Waals surface area contributed by atoms with Gasteiger partial charge in [0.1, 0.15) is 0 Å². The van der Waals surface area contributed by atoms with Gasteiger partial charge in [0.2, 0.25) is 0 Å². The van der Waals surface area contributed by atoms with Crippen LogP contribution in [0.5, 0.6) is 0 Å². The van der Waals surface area contributed by atoms with Crippen LogP contribution in [0, 0.1) is 5.92 Å². The summed E-state index contributed by atoms with van der Waals surface area (Å²) in [5.41, 5.74) is 0. The average Bonchev–Trinajstić information content (AvgIpc) is 2.10. The Morgan fingerprint density at radius 2 is 2.25 bits per heavy atom. The van der Waals surface area contributed by atoms with Gasteiger partial charge in [-0.05, 0) is 12.3 Å². The number of carbonyl (C=O) groups excluding carboxylic acids is 1. The van der Waals surface area contributed by atoms with Gasteiger partial charge in [0, 0.05) is 12.3 Å². The molecular weight excluding hydrogens is 176 g/mol. The van der Waals surface area contributed by atoms with Crippen LogP contribution >= 0.6 is 11.6 Å². The molecule has 0 saturated carbocycles. The van der Waals surface area contributed by atoms with Crippen molar-refractivity contribution in [2.75, 3.05) is 12.5 Å². The average molecular weight is 193 g/mol. The monoisotopic (exact) mass is 192 g/mol. The highest BCUT2D eigenvalue weighted by atomic mass is 35.5. The summed E-state index contributed by atoms with van der Waals surface area (Å²) in [6.45, 7) is 4.68. The number of alkyl halides is 1. The third-order valence-electron chi connectivity index (χ3n) is 1.74. The Balaban J connectivity index is 3.31. The van der Waals surface area contributed by atoms with Crippen LogP contribution in [0.1, 0.15) is 33.1 Å². The number of hydrogen-bond acceptors (Lipinski definition) is 2. The van der Waals surface area contributed by atoms with Gasteiger partial charge in [-0.2, -0.15) is 0 Å². The molecule has 0 fully saturated rings. The minimum absolute atomic E-state index is 0.129. The van der Waals surface area contributed by atoms with Crippen LogP contribution in [0.3, 0.4) is 0 Å². The van der Waals surface area contributed by atoms with Crippen molar-refractivity contribution in [3.63, 3.8) is 0 Å². The van der Waals surface area contributed by atoms with E-state index in [2.05, 4.69) is 13.8 Å². The van der Waals surface area contributed by atoms with E-state index in [4.69, 9.17) is 16.3 Å². The molecule has 0 aliphatic rings. The van der Waals surface area contributed by atoms with Gasteiger partial charge in [0.15, 0.2) is 0 Å². The highest BCUT2D eigenvalue weighted by Gasteiger charge is 2.04. The van der Waals surface area contributed by atoms with E-state index in [-0.39, 0.29) is 5.97 Å². The molecule has 3 heteroatoms. The normalized spacial score (nSPS) is 12.6. The van der Waals surface area contributed by atoms with Gasteiger partial charge in [-0.3, -0.25) is 4.79 Å². The first kappa shape index (κ1) is 11.8. The van der Waals surface area contributed by atoms with Crippen molar-refractivity contribution in [2.45, 2.75) is 33.1 Å². The van der Waals surface area contributed by atoms with E-state index < -0.39 is 0 Å². The molecule has 0 aromatic carbocycles. The Kier molecular flexibility index (Phi) is 7.26. The number of carbonyl (C=O) groups is 1. The molecule has 0 aromatic rings. The topological polar surface area (TPSA) is 26.3 Å². The van der Waals surface area contributed by atoms with Crippen molar-refractivity contribution in [3.8, 4) is 0 Å². The third-order valence-corrected chi connectivity index (χ3v) is 2.01. The van der Waals surface area contributed by atoms with Gasteiger partial charge in [-0.25, -0.2) is 0 Å². The summed E-state index contributed by atoms with van der Waals surface area (Å²) in [5, 5.41) is 0. The maximum atomic E-state index is 10.9. The number of halogens is 1. The molecule has 0 aromatic heterocycles. The molecule has 2 nitrogen and oxygen atoms in total. The van der Waals surface area contributed by atoms with E-state index in [1.54, 1.807) is 0 Å². The predicted octanol–water partition coefficient (Wildman–Crippen LogP) is 2.59. The highest BCUT2D eigenvalue weighted by Crippen LogP contribution is 2.02. The van der Waals surface area contributed by atoms with Crippen LogP contribution in [0.25, 0.3) is 0 Å². The third kappa shape index (κ3) is 6.47. The van der Waals surface area contributed by atoms with Crippen LogP contribution in [-0.2, 0) is 9.53 Å². The quantitative estimate of drug-likeness (QED) is 0.478. The summed E-state index contributed by atoms with van der Waals surface area (Å²) in [6, 6.07) is 0. The Morgan fingerprint density at radius 1 is 1.58 bits per heavy atom. The van der Waals surface area contributed by atoms with Gasteiger partial charge >= 0.3 is 5.97 Å². The molecule has 72 valence electrons. The van der Waals surface area contributed by atoms with Crippen molar-refractivity contribution < 1.29 is 9.53 Å². The Labute approximate surface area is 79.2 Å². The maximum Gasteiger partial charge on any atom is 0.305 e. The number of ether oxygens (including phenoxy) is 1. The van der Waals surface area contributed by atoms with E-state index >= 15 is 0 Å². The zero-order valence-corrected chi connectivity index (χ0v) is 8.56. The molecule has 0 heterocycles. The van der Waals surface area contributed by atoms with Crippen molar-refractivity contribution in [1.82, 2.24) is 0 Å². The molecule has 1 unspecified atom stereocenters. The molecule has 0 amide bonds. The van der Waals surface area contributed by atoms with Crippen LogP contribution < -0.4 is 0 Å². The van der Waals surface area contributed by atoms with E-state index in [1.165, 1.54) is 0 Å². The molecule has 1 atom stereocenters. The molecule has 0 saturated heterocycles. The summed E-state index contributed by atoms with van der Waals surface area (Å²) < 4.78 is 5.00. The molecule has 0 aliphatic heterocycles. The van der Waals surface area contributed by atoms with Crippen LogP contribution in [0.4, 0.5) is 0 Å². The van der Waals surface area contributed by atoms with Gasteiger partial charge in [-0.15, -0.1) is 11.6 Å². The molecule has 0 bridgehead atoms. The van der Waals surface area contributed by atoms with Crippen LogP contribution in [0.15, 0.2) is 0 Å². The Hall–Kier alpha value is -0.240. The van der Waals surface area contributed by atoms with Crippen molar-refractivity contribution in [2.24, 2.45) is 5.92 Å². The van der Waals surface area contributed by atoms with Gasteiger partial charge in [-0.1, -0.05) is 20.3 Å². The van der Waals surface area contributed by atoms with Crippen molar-refractivity contribution >= 4 is 17.6 Å². The highest BCUT2D eigenvalue weighted by molar-refractivity contribution is 6.17. The second-order valence-corrected chi connectivity index (χ2v) is 3.37. The summed E-state index contributed by atoms with van der Waals surface area (Å²) in [7, 11) is 0. The Morgan fingerprint density at radius 3 is 2.75 bits per heavy atom. The molecule has 0 N–H and O–H groups in total. The fourth-order valence-electron chi connectivity index (χ4n) is 0.636. The lowest BCUT2D eigenvalue weighted by molar-refractivity contribution is -0.144.